The van der Waals surface area contributed by atoms with Gasteiger partial charge in [0.1, 0.15) is 11.5 Å². The lowest BCUT2D eigenvalue weighted by Gasteiger charge is -2.32. The fourth-order valence-electron chi connectivity index (χ4n) is 6.97. The summed E-state index contributed by atoms with van der Waals surface area (Å²) >= 11 is 6.29. The van der Waals surface area contributed by atoms with Crippen LogP contribution in [0.1, 0.15) is 95.0 Å². The number of aryl methyl sites for hydroxylation is 1. The molecule has 9 nitrogen and oxygen atoms in total. The Morgan fingerprint density at radius 2 is 1.78 bits per heavy atom. The van der Waals surface area contributed by atoms with E-state index in [0.29, 0.717) is 39.6 Å². The van der Waals surface area contributed by atoms with Gasteiger partial charge in [-0.15, -0.1) is 0 Å². The normalized spacial score (nSPS) is 17.6. The van der Waals surface area contributed by atoms with E-state index in [0.717, 1.165) is 67.4 Å². The number of hydrogen-bond donors (Lipinski definition) is 1. The first-order chi connectivity index (χ1) is 24.4. The number of anilines is 1. The van der Waals surface area contributed by atoms with Crippen molar-refractivity contribution in [2.45, 2.75) is 91.1 Å². The summed E-state index contributed by atoms with van der Waals surface area (Å²) in [6.45, 7) is 9.90. The number of esters is 3. The Morgan fingerprint density at radius 1 is 1.02 bits per heavy atom. The zero-order valence-electron chi connectivity index (χ0n) is 30.4. The minimum absolute atomic E-state index is 0.222. The quantitative estimate of drug-likeness (QED) is 0.0859. The number of allylic oxidation sites excluding steroid dienone is 1. The van der Waals surface area contributed by atoms with Crippen LogP contribution in [0.15, 0.2) is 64.8 Å². The van der Waals surface area contributed by atoms with Gasteiger partial charge in [-0.05, 0) is 121 Å². The maximum Gasteiger partial charge on any atom is 0.336 e. The van der Waals surface area contributed by atoms with Gasteiger partial charge in [-0.2, -0.15) is 0 Å². The molecule has 0 saturated heterocycles. The third-order valence-corrected chi connectivity index (χ3v) is 9.46. The Bertz CT molecular complexity index is 1890. The van der Waals surface area contributed by atoms with E-state index >= 15 is 0 Å². The zero-order valence-corrected chi connectivity index (χ0v) is 31.2. The molecule has 1 N–H and O–H groups in total. The number of aromatic nitrogens is 1. The average Bonchev–Trinajstić information content (AvgIpc) is 3.08. The van der Waals surface area contributed by atoms with Gasteiger partial charge in [0, 0.05) is 51.7 Å². The lowest BCUT2D eigenvalue weighted by atomic mass is 9.74. The third-order valence-electron chi connectivity index (χ3n) is 9.22. The largest absolute Gasteiger partial charge is 0.468 e. The molecule has 0 bridgehead atoms. The van der Waals surface area contributed by atoms with Gasteiger partial charge in [-0.25, -0.2) is 9.59 Å². The van der Waals surface area contributed by atoms with Crippen LogP contribution in [0, 0.1) is 5.92 Å². The molecule has 0 radical (unpaired) electrons. The van der Waals surface area contributed by atoms with Crippen molar-refractivity contribution in [1.29, 1.82) is 0 Å². The molecule has 2 heterocycles. The molecule has 270 valence electrons. The molecule has 2 atom stereocenters. The highest BCUT2D eigenvalue weighted by atomic mass is 35.5. The topological polar surface area (TPSA) is 116 Å². The van der Waals surface area contributed by atoms with E-state index in [1.165, 1.54) is 18.7 Å². The number of carbonyl (C=O) groups excluding carboxylic acids is 3. The van der Waals surface area contributed by atoms with E-state index in [4.69, 9.17) is 30.8 Å². The third kappa shape index (κ3) is 9.25. The molecule has 1 aliphatic carbocycles. The highest BCUT2D eigenvalue weighted by Crippen LogP contribution is 2.42. The van der Waals surface area contributed by atoms with Crippen LogP contribution in [0.3, 0.4) is 0 Å². The molecule has 1 aliphatic heterocycles. The minimum Gasteiger partial charge on any atom is -0.468 e. The number of ether oxygens (including phenoxy) is 3. The number of carbonyl (C=O) groups is 3. The van der Waals surface area contributed by atoms with Crippen LogP contribution in [-0.4, -0.2) is 54.5 Å². The van der Waals surface area contributed by atoms with E-state index in [1.807, 2.05) is 42.5 Å². The number of methoxy groups -OCH3 is 1. The molecule has 3 aromatic rings. The van der Waals surface area contributed by atoms with E-state index < -0.39 is 35.3 Å². The lowest BCUT2D eigenvalue weighted by Crippen LogP contribution is -2.36. The molecule has 2 aliphatic rings. The molecular formula is C41H48ClN3O6. The van der Waals surface area contributed by atoms with Gasteiger partial charge >= 0.3 is 17.9 Å². The average molecular weight is 714 g/mol. The molecule has 2 aromatic carbocycles. The first-order valence-electron chi connectivity index (χ1n) is 17.7. The number of fused-ring (bicyclic) bond motifs is 2. The van der Waals surface area contributed by atoms with Gasteiger partial charge in [0.25, 0.3) is 0 Å². The van der Waals surface area contributed by atoms with Gasteiger partial charge in [0.05, 0.1) is 24.8 Å². The molecule has 10 heteroatoms. The second-order valence-corrected chi connectivity index (χ2v) is 14.6. The van der Waals surface area contributed by atoms with Crippen molar-refractivity contribution in [3.05, 3.63) is 87.2 Å². The second-order valence-electron chi connectivity index (χ2n) is 14.1. The summed E-state index contributed by atoms with van der Waals surface area (Å²) in [5.74, 6) is -3.12. The minimum atomic E-state index is -0.852. The van der Waals surface area contributed by atoms with Crippen molar-refractivity contribution in [2.75, 3.05) is 25.6 Å². The summed E-state index contributed by atoms with van der Waals surface area (Å²) in [6.07, 6.45) is 9.70. The highest BCUT2D eigenvalue weighted by Gasteiger charge is 2.43. The van der Waals surface area contributed by atoms with Crippen molar-refractivity contribution in [2.24, 2.45) is 10.9 Å². The molecule has 2 unspecified atom stereocenters. The maximum absolute atomic E-state index is 13.8. The van der Waals surface area contributed by atoms with Crippen molar-refractivity contribution in [1.82, 2.24) is 4.98 Å². The van der Waals surface area contributed by atoms with Gasteiger partial charge in [0.2, 0.25) is 0 Å². The molecule has 5 rings (SSSR count). The summed E-state index contributed by atoms with van der Waals surface area (Å²) in [6, 6.07) is 13.2. The standard InChI is InChI=1S/C41H48ClN3O6/c1-25-35(39(47)49-6)37(29-15-9-8-14-27(29)18-21-34(46)51-41(3,4)5)36(26(2)44-25)40(48)50-23-13-7-12-22-43-38-30-16-10-11-17-32(30)45-33-24-28(42)19-20-31(33)38/h8-9,14-15,18-21,24,35,37H,7,10-13,16-17,22-23H2,1-6H3,(H,43,45). The summed E-state index contributed by atoms with van der Waals surface area (Å²) in [4.78, 5) is 49.1. The SMILES string of the molecule is COC(=O)C1C(C)=NC(C)=C(C(=O)OCCCCCNc2c3c(nc4cc(Cl)ccc24)CCCC3)C1c1ccccc1C=CC(=O)OC(C)(C)C. The first kappa shape index (κ1) is 37.7. The Morgan fingerprint density at radius 3 is 2.55 bits per heavy atom. The number of pyridine rings is 1. The lowest BCUT2D eigenvalue weighted by molar-refractivity contribution is -0.148. The molecule has 0 spiro atoms. The monoisotopic (exact) mass is 713 g/mol. The zero-order chi connectivity index (χ0) is 36.7. The van der Waals surface area contributed by atoms with E-state index in [-0.39, 0.29) is 6.61 Å². The fourth-order valence-corrected chi connectivity index (χ4v) is 7.14. The number of benzene rings is 2. The van der Waals surface area contributed by atoms with E-state index in [1.54, 1.807) is 40.7 Å². The molecule has 0 saturated carbocycles. The number of halogens is 1. The number of rotatable bonds is 12. The number of nitrogens with zero attached hydrogens (tertiary/aromatic N) is 2. The fraction of sp³-hybridized carbons (Fsp3) is 0.439. The van der Waals surface area contributed by atoms with Gasteiger partial charge < -0.3 is 19.5 Å². The van der Waals surface area contributed by atoms with Crippen LogP contribution < -0.4 is 5.32 Å². The molecule has 1 aromatic heterocycles. The van der Waals surface area contributed by atoms with Crippen molar-refractivity contribution in [3.8, 4) is 0 Å². The highest BCUT2D eigenvalue weighted by molar-refractivity contribution is 6.31. The van der Waals surface area contributed by atoms with Gasteiger partial charge in [-0.3, -0.25) is 14.8 Å². The summed E-state index contributed by atoms with van der Waals surface area (Å²) < 4.78 is 16.5. The predicted molar refractivity (Wildman–Crippen MR) is 202 cm³/mol. The molecule has 0 amide bonds. The number of unbranched alkanes of at least 4 members (excludes halogenated alkanes) is 2. The first-order valence-corrected chi connectivity index (χ1v) is 18.1. The summed E-state index contributed by atoms with van der Waals surface area (Å²) in [5.41, 5.74) is 6.53. The van der Waals surface area contributed by atoms with E-state index in [2.05, 4.69) is 10.3 Å². The van der Waals surface area contributed by atoms with Crippen LogP contribution in [0.4, 0.5) is 5.69 Å². The number of nitrogens with one attached hydrogen (secondary N) is 1. The van der Waals surface area contributed by atoms with Crippen LogP contribution >= 0.6 is 11.6 Å². The van der Waals surface area contributed by atoms with Crippen molar-refractivity contribution in [3.63, 3.8) is 0 Å². The Balaban J connectivity index is 1.26. The molecule has 0 fully saturated rings. The summed E-state index contributed by atoms with van der Waals surface area (Å²) in [7, 11) is 1.32. The number of hydrogen-bond acceptors (Lipinski definition) is 9. The van der Waals surface area contributed by atoms with Crippen molar-refractivity contribution >= 4 is 57.9 Å². The van der Waals surface area contributed by atoms with Crippen LogP contribution in [0.2, 0.25) is 5.02 Å². The molecular weight excluding hydrogens is 666 g/mol. The second kappa shape index (κ2) is 16.7. The predicted octanol–water partition coefficient (Wildman–Crippen LogP) is 8.57. The maximum atomic E-state index is 13.8. The van der Waals surface area contributed by atoms with Crippen LogP contribution in [-0.2, 0) is 41.4 Å². The van der Waals surface area contributed by atoms with Gasteiger partial charge in [-0.1, -0.05) is 35.9 Å². The van der Waals surface area contributed by atoms with Crippen LogP contribution in [0.25, 0.3) is 17.0 Å². The van der Waals surface area contributed by atoms with Gasteiger partial charge in [0.15, 0.2) is 0 Å². The Kier molecular flexibility index (Phi) is 12.3. The number of aliphatic imine (C=N–C) groups is 1. The van der Waals surface area contributed by atoms with Crippen LogP contribution in [0.5, 0.6) is 0 Å². The smallest absolute Gasteiger partial charge is 0.336 e. The van der Waals surface area contributed by atoms with E-state index in [9.17, 15) is 14.4 Å². The molecule has 51 heavy (non-hydrogen) atoms. The Hall–Kier alpha value is -4.50. The summed E-state index contributed by atoms with van der Waals surface area (Å²) in [5, 5.41) is 5.45. The Labute approximate surface area is 305 Å². The van der Waals surface area contributed by atoms with Crippen molar-refractivity contribution < 1.29 is 28.6 Å².